The molecule has 12 heavy (non-hydrogen) atoms. The van der Waals surface area contributed by atoms with E-state index in [2.05, 4.69) is 22.6 Å². The second kappa shape index (κ2) is 4.77. The van der Waals surface area contributed by atoms with Crippen molar-refractivity contribution >= 4 is 22.6 Å². The molecule has 0 fully saturated rings. The number of methoxy groups -OCH3 is 1. The SMILES string of the molecule is COC(CI)c1ccccc1F. The molecule has 66 valence electrons. The fourth-order valence-electron chi connectivity index (χ4n) is 1.01. The molecule has 0 spiro atoms. The van der Waals surface area contributed by atoms with Crippen LogP contribution in [0.25, 0.3) is 0 Å². The highest BCUT2D eigenvalue weighted by molar-refractivity contribution is 14.1. The number of ether oxygens (including phenoxy) is 1. The quantitative estimate of drug-likeness (QED) is 0.611. The van der Waals surface area contributed by atoms with Gasteiger partial charge in [0, 0.05) is 17.1 Å². The number of alkyl halides is 1. The Morgan fingerprint density at radius 2 is 2.17 bits per heavy atom. The van der Waals surface area contributed by atoms with Crippen LogP contribution in [0.15, 0.2) is 24.3 Å². The zero-order valence-corrected chi connectivity index (χ0v) is 8.92. The van der Waals surface area contributed by atoms with E-state index in [4.69, 9.17) is 4.74 Å². The number of rotatable bonds is 3. The number of halogens is 2. The smallest absolute Gasteiger partial charge is 0.129 e. The maximum Gasteiger partial charge on any atom is 0.129 e. The van der Waals surface area contributed by atoms with Gasteiger partial charge in [-0.3, -0.25) is 0 Å². The summed E-state index contributed by atoms with van der Waals surface area (Å²) in [7, 11) is 1.59. The normalized spacial score (nSPS) is 12.9. The van der Waals surface area contributed by atoms with Crippen molar-refractivity contribution in [2.45, 2.75) is 6.10 Å². The van der Waals surface area contributed by atoms with Crippen molar-refractivity contribution in [3.63, 3.8) is 0 Å². The van der Waals surface area contributed by atoms with Crippen LogP contribution in [0.3, 0.4) is 0 Å². The first-order chi connectivity index (χ1) is 5.79. The van der Waals surface area contributed by atoms with Crippen molar-refractivity contribution in [1.82, 2.24) is 0 Å². The Bertz CT molecular complexity index is 248. The summed E-state index contributed by atoms with van der Waals surface area (Å²) < 4.78 is 19.0. The van der Waals surface area contributed by atoms with E-state index in [1.165, 1.54) is 6.07 Å². The monoisotopic (exact) mass is 280 g/mol. The molecular formula is C9H10FIO. The highest BCUT2D eigenvalue weighted by Crippen LogP contribution is 2.21. The third-order valence-electron chi connectivity index (χ3n) is 1.68. The molecule has 0 aliphatic rings. The predicted molar refractivity (Wildman–Crippen MR) is 55.0 cm³/mol. The van der Waals surface area contributed by atoms with Crippen LogP contribution in [-0.2, 0) is 4.74 Å². The highest BCUT2D eigenvalue weighted by Gasteiger charge is 2.12. The fourth-order valence-corrected chi connectivity index (χ4v) is 1.84. The van der Waals surface area contributed by atoms with E-state index >= 15 is 0 Å². The molecule has 3 heteroatoms. The minimum atomic E-state index is -0.194. The first-order valence-corrected chi connectivity index (χ1v) is 5.15. The van der Waals surface area contributed by atoms with Crippen LogP contribution in [0.2, 0.25) is 0 Å². The number of hydrogen-bond acceptors (Lipinski definition) is 1. The second-order valence-corrected chi connectivity index (χ2v) is 3.28. The van der Waals surface area contributed by atoms with Crippen molar-refractivity contribution < 1.29 is 9.13 Å². The molecule has 0 saturated heterocycles. The van der Waals surface area contributed by atoms with Gasteiger partial charge in [-0.15, -0.1) is 0 Å². The molecule has 0 radical (unpaired) electrons. The lowest BCUT2D eigenvalue weighted by Crippen LogP contribution is -2.04. The molecule has 1 nitrogen and oxygen atoms in total. The van der Waals surface area contributed by atoms with Gasteiger partial charge in [-0.2, -0.15) is 0 Å². The zero-order valence-electron chi connectivity index (χ0n) is 6.76. The molecule has 0 aromatic heterocycles. The molecule has 0 aliphatic heterocycles. The molecule has 0 saturated carbocycles. The van der Waals surface area contributed by atoms with E-state index in [0.717, 1.165) is 4.43 Å². The Balaban J connectivity index is 2.92. The molecule has 1 aromatic carbocycles. The molecule has 1 rings (SSSR count). The van der Waals surface area contributed by atoms with Crippen LogP contribution in [0.5, 0.6) is 0 Å². The van der Waals surface area contributed by atoms with Gasteiger partial charge in [-0.1, -0.05) is 40.8 Å². The van der Waals surface area contributed by atoms with Crippen LogP contribution in [0.1, 0.15) is 11.7 Å². The summed E-state index contributed by atoms with van der Waals surface area (Å²) in [5.74, 6) is -0.194. The lowest BCUT2D eigenvalue weighted by atomic mass is 10.1. The summed E-state index contributed by atoms with van der Waals surface area (Å²) in [6.45, 7) is 0. The lowest BCUT2D eigenvalue weighted by Gasteiger charge is -2.12. The molecule has 1 atom stereocenters. The van der Waals surface area contributed by atoms with Crippen molar-refractivity contribution in [2.75, 3.05) is 11.5 Å². The Hall–Kier alpha value is -0.160. The number of benzene rings is 1. The largest absolute Gasteiger partial charge is 0.376 e. The average Bonchev–Trinajstić information content (AvgIpc) is 2.10. The van der Waals surface area contributed by atoms with Crippen molar-refractivity contribution in [2.24, 2.45) is 0 Å². The van der Waals surface area contributed by atoms with Gasteiger partial charge >= 0.3 is 0 Å². The van der Waals surface area contributed by atoms with Gasteiger partial charge in [0.1, 0.15) is 5.82 Å². The molecule has 0 heterocycles. The Morgan fingerprint density at radius 3 is 2.67 bits per heavy atom. The van der Waals surface area contributed by atoms with E-state index < -0.39 is 0 Å². The minimum absolute atomic E-state index is 0.133. The predicted octanol–water partition coefficient (Wildman–Crippen LogP) is 2.95. The van der Waals surface area contributed by atoms with Gasteiger partial charge in [0.05, 0.1) is 6.10 Å². The summed E-state index contributed by atoms with van der Waals surface area (Å²) in [6.07, 6.45) is -0.133. The minimum Gasteiger partial charge on any atom is -0.376 e. The van der Waals surface area contributed by atoms with Crippen molar-refractivity contribution in [1.29, 1.82) is 0 Å². The summed E-state index contributed by atoms with van der Waals surface area (Å²) in [4.78, 5) is 0. The number of hydrogen-bond donors (Lipinski definition) is 0. The molecule has 0 amide bonds. The van der Waals surface area contributed by atoms with E-state index in [-0.39, 0.29) is 11.9 Å². The topological polar surface area (TPSA) is 9.23 Å². The first-order valence-electron chi connectivity index (χ1n) is 3.62. The lowest BCUT2D eigenvalue weighted by molar-refractivity contribution is 0.122. The molecular weight excluding hydrogens is 270 g/mol. The molecule has 0 N–H and O–H groups in total. The van der Waals surface area contributed by atoms with Crippen LogP contribution in [0, 0.1) is 5.82 Å². The van der Waals surface area contributed by atoms with E-state index in [0.29, 0.717) is 5.56 Å². The van der Waals surface area contributed by atoms with Gasteiger partial charge in [0.2, 0.25) is 0 Å². The Labute approximate surface area is 85.1 Å². The molecule has 0 bridgehead atoms. The van der Waals surface area contributed by atoms with Gasteiger partial charge in [-0.05, 0) is 6.07 Å². The van der Waals surface area contributed by atoms with Crippen LogP contribution >= 0.6 is 22.6 Å². The van der Waals surface area contributed by atoms with Crippen molar-refractivity contribution in [3.05, 3.63) is 35.6 Å². The van der Waals surface area contributed by atoms with Gasteiger partial charge in [0.15, 0.2) is 0 Å². The van der Waals surface area contributed by atoms with E-state index in [9.17, 15) is 4.39 Å². The zero-order chi connectivity index (χ0) is 8.97. The maximum atomic E-state index is 13.1. The fraction of sp³-hybridized carbons (Fsp3) is 0.333. The maximum absolute atomic E-state index is 13.1. The van der Waals surface area contributed by atoms with E-state index in [1.54, 1.807) is 19.2 Å². The van der Waals surface area contributed by atoms with Crippen LogP contribution in [-0.4, -0.2) is 11.5 Å². The third kappa shape index (κ3) is 2.17. The van der Waals surface area contributed by atoms with Crippen LogP contribution < -0.4 is 0 Å². The Morgan fingerprint density at radius 1 is 1.50 bits per heavy atom. The standard InChI is InChI=1S/C9H10FIO/c1-12-9(6-11)7-4-2-3-5-8(7)10/h2-5,9H,6H2,1H3. The summed E-state index contributed by atoms with van der Waals surface area (Å²) in [6, 6.07) is 6.70. The molecule has 1 unspecified atom stereocenters. The molecule has 0 aliphatic carbocycles. The summed E-state index contributed by atoms with van der Waals surface area (Å²) >= 11 is 2.18. The average molecular weight is 280 g/mol. The Kier molecular flexibility index (Phi) is 3.94. The molecule has 1 aromatic rings. The van der Waals surface area contributed by atoms with Gasteiger partial charge in [-0.25, -0.2) is 4.39 Å². The summed E-state index contributed by atoms with van der Waals surface area (Å²) in [5, 5.41) is 0. The van der Waals surface area contributed by atoms with E-state index in [1.807, 2.05) is 6.07 Å². The van der Waals surface area contributed by atoms with Gasteiger partial charge < -0.3 is 4.74 Å². The highest BCUT2D eigenvalue weighted by atomic mass is 127. The van der Waals surface area contributed by atoms with Crippen molar-refractivity contribution in [3.8, 4) is 0 Å². The third-order valence-corrected chi connectivity index (χ3v) is 2.48. The van der Waals surface area contributed by atoms with Gasteiger partial charge in [0.25, 0.3) is 0 Å². The second-order valence-electron chi connectivity index (χ2n) is 2.40. The van der Waals surface area contributed by atoms with Crippen LogP contribution in [0.4, 0.5) is 4.39 Å². The first kappa shape index (κ1) is 9.92. The summed E-state index contributed by atoms with van der Waals surface area (Å²) in [5.41, 5.74) is 0.634.